The Labute approximate surface area is 112 Å². The van der Waals surface area contributed by atoms with Crippen molar-refractivity contribution >= 4 is 0 Å². The molecule has 0 aliphatic carbocycles. The van der Waals surface area contributed by atoms with Crippen LogP contribution < -0.4 is 10.1 Å². The summed E-state index contributed by atoms with van der Waals surface area (Å²) in [6.07, 6.45) is 1.28. The predicted molar refractivity (Wildman–Crippen MR) is 78.3 cm³/mol. The summed E-state index contributed by atoms with van der Waals surface area (Å²) >= 11 is 0. The molecular weight excluding hydrogens is 222 g/mol. The van der Waals surface area contributed by atoms with Gasteiger partial charge in [0.1, 0.15) is 11.9 Å². The van der Waals surface area contributed by atoms with Gasteiger partial charge in [0.25, 0.3) is 0 Å². The Morgan fingerprint density at radius 1 is 1.17 bits per heavy atom. The molecule has 1 N–H and O–H groups in total. The normalized spacial score (nSPS) is 12.8. The van der Waals surface area contributed by atoms with E-state index >= 15 is 0 Å². The molecule has 2 nitrogen and oxygen atoms in total. The molecule has 0 fully saturated rings. The average Bonchev–Trinajstić information content (AvgIpc) is 2.30. The van der Waals surface area contributed by atoms with Crippen molar-refractivity contribution in [3.8, 4) is 5.75 Å². The van der Waals surface area contributed by atoms with Crippen LogP contribution in [-0.2, 0) is 0 Å². The quantitative estimate of drug-likeness (QED) is 0.795. The van der Waals surface area contributed by atoms with E-state index in [1.54, 1.807) is 0 Å². The maximum Gasteiger partial charge on any atom is 0.122 e. The molecule has 1 unspecified atom stereocenters. The molecule has 0 bridgehead atoms. The highest BCUT2D eigenvalue weighted by atomic mass is 16.5. The first-order valence-corrected chi connectivity index (χ1v) is 6.97. The van der Waals surface area contributed by atoms with Gasteiger partial charge in [-0.05, 0) is 44.4 Å². The minimum Gasteiger partial charge on any atom is -0.489 e. The zero-order chi connectivity index (χ0) is 13.5. The summed E-state index contributed by atoms with van der Waals surface area (Å²) in [5.74, 6) is 1.70. The Morgan fingerprint density at radius 2 is 1.89 bits per heavy atom. The SMILES string of the molecule is CCC(CNCC(C)C)Oc1ccc(C)cc1C. The van der Waals surface area contributed by atoms with E-state index in [0.29, 0.717) is 5.92 Å². The minimum atomic E-state index is 0.255. The Kier molecular flexibility index (Phi) is 6.20. The number of ether oxygens (including phenoxy) is 1. The molecule has 2 heteroatoms. The van der Waals surface area contributed by atoms with Crippen molar-refractivity contribution in [2.24, 2.45) is 5.92 Å². The largest absolute Gasteiger partial charge is 0.489 e. The first-order valence-electron chi connectivity index (χ1n) is 6.97. The molecule has 0 radical (unpaired) electrons. The Hall–Kier alpha value is -1.02. The highest BCUT2D eigenvalue weighted by Gasteiger charge is 2.09. The van der Waals surface area contributed by atoms with Gasteiger partial charge in [-0.25, -0.2) is 0 Å². The van der Waals surface area contributed by atoms with E-state index in [-0.39, 0.29) is 6.10 Å². The van der Waals surface area contributed by atoms with Gasteiger partial charge in [-0.2, -0.15) is 0 Å². The first-order chi connectivity index (χ1) is 8.52. The van der Waals surface area contributed by atoms with Crippen LogP contribution >= 0.6 is 0 Å². The summed E-state index contributed by atoms with van der Waals surface area (Å²) in [6.45, 7) is 12.8. The van der Waals surface area contributed by atoms with Crippen molar-refractivity contribution in [1.82, 2.24) is 5.32 Å². The maximum atomic E-state index is 6.07. The fourth-order valence-electron chi connectivity index (χ4n) is 1.91. The number of benzene rings is 1. The molecule has 0 aromatic heterocycles. The van der Waals surface area contributed by atoms with Gasteiger partial charge in [0.2, 0.25) is 0 Å². The first kappa shape index (κ1) is 15.0. The van der Waals surface area contributed by atoms with Crippen molar-refractivity contribution < 1.29 is 4.74 Å². The third kappa shape index (κ3) is 5.09. The molecule has 1 rings (SSSR count). The van der Waals surface area contributed by atoms with Crippen LogP contribution in [0.3, 0.4) is 0 Å². The zero-order valence-corrected chi connectivity index (χ0v) is 12.4. The predicted octanol–water partition coefficient (Wildman–Crippen LogP) is 3.71. The fraction of sp³-hybridized carbons (Fsp3) is 0.625. The van der Waals surface area contributed by atoms with Crippen LogP contribution in [0.15, 0.2) is 18.2 Å². The monoisotopic (exact) mass is 249 g/mol. The molecule has 18 heavy (non-hydrogen) atoms. The second-order valence-electron chi connectivity index (χ2n) is 5.47. The number of nitrogens with one attached hydrogen (secondary N) is 1. The van der Waals surface area contributed by atoms with Crippen LogP contribution in [0.1, 0.15) is 38.3 Å². The second-order valence-corrected chi connectivity index (χ2v) is 5.47. The molecule has 0 heterocycles. The highest BCUT2D eigenvalue weighted by molar-refractivity contribution is 5.35. The summed E-state index contributed by atoms with van der Waals surface area (Å²) < 4.78 is 6.07. The van der Waals surface area contributed by atoms with Crippen LogP contribution in [0.4, 0.5) is 0 Å². The van der Waals surface area contributed by atoms with E-state index in [1.807, 2.05) is 0 Å². The zero-order valence-electron chi connectivity index (χ0n) is 12.4. The third-order valence-electron chi connectivity index (χ3n) is 3.00. The number of rotatable bonds is 7. The van der Waals surface area contributed by atoms with Gasteiger partial charge in [-0.3, -0.25) is 0 Å². The van der Waals surface area contributed by atoms with Crippen LogP contribution in [-0.4, -0.2) is 19.2 Å². The Morgan fingerprint density at radius 3 is 2.44 bits per heavy atom. The summed E-state index contributed by atoms with van der Waals surface area (Å²) in [7, 11) is 0. The highest BCUT2D eigenvalue weighted by Crippen LogP contribution is 2.20. The van der Waals surface area contributed by atoms with Gasteiger partial charge in [0.05, 0.1) is 0 Å². The van der Waals surface area contributed by atoms with Crippen LogP contribution in [0, 0.1) is 19.8 Å². The minimum absolute atomic E-state index is 0.255. The fourth-order valence-corrected chi connectivity index (χ4v) is 1.91. The molecule has 0 saturated carbocycles. The van der Waals surface area contributed by atoms with Crippen LogP contribution in [0.25, 0.3) is 0 Å². The van der Waals surface area contributed by atoms with Gasteiger partial charge in [0, 0.05) is 6.54 Å². The number of hydrogen-bond acceptors (Lipinski definition) is 2. The van der Waals surface area contributed by atoms with Crippen molar-refractivity contribution in [3.05, 3.63) is 29.3 Å². The number of hydrogen-bond donors (Lipinski definition) is 1. The summed E-state index contributed by atoms with van der Waals surface area (Å²) in [4.78, 5) is 0. The smallest absolute Gasteiger partial charge is 0.122 e. The number of aryl methyl sites for hydroxylation is 2. The maximum absolute atomic E-state index is 6.07. The molecule has 1 aromatic rings. The lowest BCUT2D eigenvalue weighted by Crippen LogP contribution is -2.33. The van der Waals surface area contributed by atoms with Crippen molar-refractivity contribution in [1.29, 1.82) is 0 Å². The van der Waals surface area contributed by atoms with Crippen molar-refractivity contribution in [2.45, 2.75) is 47.1 Å². The molecule has 0 amide bonds. The molecule has 0 aliphatic rings. The van der Waals surface area contributed by atoms with Gasteiger partial charge in [-0.1, -0.05) is 38.5 Å². The standard InChI is InChI=1S/C16H27NO/c1-6-15(11-17-10-12(2)3)18-16-8-7-13(4)9-14(16)5/h7-9,12,15,17H,6,10-11H2,1-5H3. The van der Waals surface area contributed by atoms with Gasteiger partial charge in [0.15, 0.2) is 0 Å². The van der Waals surface area contributed by atoms with Crippen molar-refractivity contribution in [3.63, 3.8) is 0 Å². The van der Waals surface area contributed by atoms with Gasteiger partial charge >= 0.3 is 0 Å². The van der Waals surface area contributed by atoms with Crippen LogP contribution in [0.2, 0.25) is 0 Å². The second kappa shape index (κ2) is 7.42. The summed E-state index contributed by atoms with van der Waals surface area (Å²) in [6, 6.07) is 6.36. The van der Waals surface area contributed by atoms with E-state index in [1.165, 1.54) is 11.1 Å². The lowest BCUT2D eigenvalue weighted by Gasteiger charge is -2.20. The Balaban J connectivity index is 2.51. The van der Waals surface area contributed by atoms with Crippen LogP contribution in [0.5, 0.6) is 5.75 Å². The van der Waals surface area contributed by atoms with Gasteiger partial charge < -0.3 is 10.1 Å². The van der Waals surface area contributed by atoms with Crippen molar-refractivity contribution in [2.75, 3.05) is 13.1 Å². The third-order valence-corrected chi connectivity index (χ3v) is 3.00. The molecule has 0 spiro atoms. The van der Waals surface area contributed by atoms with E-state index < -0.39 is 0 Å². The molecule has 0 saturated heterocycles. The summed E-state index contributed by atoms with van der Waals surface area (Å²) in [5, 5.41) is 3.46. The molecule has 102 valence electrons. The Bertz CT molecular complexity index is 360. The average molecular weight is 249 g/mol. The lowest BCUT2D eigenvalue weighted by molar-refractivity contribution is 0.191. The van der Waals surface area contributed by atoms with Gasteiger partial charge in [-0.15, -0.1) is 0 Å². The van der Waals surface area contributed by atoms with E-state index in [2.05, 4.69) is 58.1 Å². The lowest BCUT2D eigenvalue weighted by atomic mass is 10.1. The summed E-state index contributed by atoms with van der Waals surface area (Å²) in [5.41, 5.74) is 2.50. The van der Waals surface area contributed by atoms with E-state index in [9.17, 15) is 0 Å². The topological polar surface area (TPSA) is 21.3 Å². The van der Waals surface area contributed by atoms with E-state index in [0.717, 1.165) is 25.3 Å². The molecule has 1 aromatic carbocycles. The molecule has 0 aliphatic heterocycles. The van der Waals surface area contributed by atoms with E-state index in [4.69, 9.17) is 4.74 Å². The molecular formula is C16H27NO. The molecule has 1 atom stereocenters.